The minimum absolute atomic E-state index is 0.556. The van der Waals surface area contributed by atoms with Gasteiger partial charge in [0.2, 0.25) is 5.75 Å². The first-order valence-electron chi connectivity index (χ1n) is 7.94. The van der Waals surface area contributed by atoms with Crippen molar-refractivity contribution in [2.24, 2.45) is 0 Å². The molecule has 0 unspecified atom stereocenters. The van der Waals surface area contributed by atoms with E-state index in [1.165, 1.54) is 0 Å². The lowest BCUT2D eigenvalue weighted by atomic mass is 10.1. The van der Waals surface area contributed by atoms with Crippen LogP contribution in [-0.4, -0.2) is 33.0 Å². The van der Waals surface area contributed by atoms with E-state index in [-0.39, 0.29) is 0 Å². The number of nitrogens with zero attached hydrogens (tertiary/aromatic N) is 1. The third-order valence-electron chi connectivity index (χ3n) is 4.12. The van der Waals surface area contributed by atoms with E-state index < -0.39 is 0 Å². The fourth-order valence-corrected chi connectivity index (χ4v) is 3.13. The molecule has 1 aromatic heterocycles. The molecule has 0 N–H and O–H groups in total. The topological polar surface area (TPSA) is 41.9 Å². The van der Waals surface area contributed by atoms with Crippen LogP contribution in [0.25, 0.3) is 16.9 Å². The van der Waals surface area contributed by atoms with Crippen LogP contribution in [0, 0.1) is 0 Å². The van der Waals surface area contributed by atoms with Crippen LogP contribution in [0.15, 0.2) is 48.7 Å². The molecule has 136 valence electrons. The minimum Gasteiger partial charge on any atom is -0.495 e. The SMILES string of the molecule is COc1ccc(-c2cccn2-c2cc(OC)c(OC)c(OC)c2)cc1Cl. The minimum atomic E-state index is 0.556. The standard InChI is InChI=1S/C20H20ClNO4/c1-23-17-8-7-13(10-15(17)21)16-6-5-9-22(16)14-11-18(24-2)20(26-4)19(12-14)25-3/h5-12H,1-4H3. The van der Waals surface area contributed by atoms with Gasteiger partial charge in [-0.05, 0) is 30.3 Å². The van der Waals surface area contributed by atoms with Crippen LogP contribution in [0.4, 0.5) is 0 Å². The molecule has 1 heterocycles. The zero-order valence-electron chi connectivity index (χ0n) is 15.1. The maximum Gasteiger partial charge on any atom is 0.203 e. The molecule has 0 amide bonds. The van der Waals surface area contributed by atoms with Gasteiger partial charge in [-0.1, -0.05) is 11.6 Å². The zero-order valence-corrected chi connectivity index (χ0v) is 15.8. The van der Waals surface area contributed by atoms with E-state index in [2.05, 4.69) is 0 Å². The number of halogens is 1. The first kappa shape index (κ1) is 18.0. The van der Waals surface area contributed by atoms with E-state index in [1.807, 2.05) is 53.2 Å². The van der Waals surface area contributed by atoms with Crippen molar-refractivity contribution in [3.8, 4) is 39.9 Å². The zero-order chi connectivity index (χ0) is 18.7. The Kier molecular flexibility index (Phi) is 5.28. The Hall–Kier alpha value is -2.79. The molecule has 0 aliphatic heterocycles. The Morgan fingerprint density at radius 3 is 1.96 bits per heavy atom. The van der Waals surface area contributed by atoms with Gasteiger partial charge in [-0.2, -0.15) is 0 Å². The molecule has 3 aromatic rings. The van der Waals surface area contributed by atoms with Gasteiger partial charge in [0.15, 0.2) is 11.5 Å². The highest BCUT2D eigenvalue weighted by molar-refractivity contribution is 6.32. The van der Waals surface area contributed by atoms with Crippen molar-refractivity contribution in [2.75, 3.05) is 28.4 Å². The molecular weight excluding hydrogens is 354 g/mol. The van der Waals surface area contributed by atoms with Crippen LogP contribution in [0.3, 0.4) is 0 Å². The van der Waals surface area contributed by atoms with Crippen LogP contribution in [0.1, 0.15) is 0 Å². The van der Waals surface area contributed by atoms with Gasteiger partial charge in [0, 0.05) is 23.9 Å². The molecule has 0 bridgehead atoms. The van der Waals surface area contributed by atoms with E-state index in [4.69, 9.17) is 30.5 Å². The lowest BCUT2D eigenvalue weighted by molar-refractivity contribution is 0.324. The van der Waals surface area contributed by atoms with E-state index in [1.54, 1.807) is 28.4 Å². The number of methoxy groups -OCH3 is 4. The normalized spacial score (nSPS) is 10.5. The number of ether oxygens (including phenoxy) is 4. The van der Waals surface area contributed by atoms with Crippen molar-refractivity contribution in [3.63, 3.8) is 0 Å². The molecule has 3 rings (SSSR count). The highest BCUT2D eigenvalue weighted by Crippen LogP contribution is 2.40. The molecule has 6 heteroatoms. The molecule has 2 aromatic carbocycles. The summed E-state index contributed by atoms with van der Waals surface area (Å²) in [6, 6.07) is 13.5. The molecule has 0 spiro atoms. The maximum atomic E-state index is 6.29. The van der Waals surface area contributed by atoms with Gasteiger partial charge in [0.05, 0.1) is 44.8 Å². The molecule has 0 atom stereocenters. The molecule has 5 nitrogen and oxygen atoms in total. The molecule has 0 aliphatic carbocycles. The highest BCUT2D eigenvalue weighted by atomic mass is 35.5. The van der Waals surface area contributed by atoms with Crippen molar-refractivity contribution in [1.29, 1.82) is 0 Å². The lowest BCUT2D eigenvalue weighted by Crippen LogP contribution is -2.00. The fraction of sp³-hybridized carbons (Fsp3) is 0.200. The van der Waals surface area contributed by atoms with Gasteiger partial charge < -0.3 is 23.5 Å². The van der Waals surface area contributed by atoms with Gasteiger partial charge in [-0.15, -0.1) is 0 Å². The number of benzene rings is 2. The summed E-state index contributed by atoms with van der Waals surface area (Å²) in [5.41, 5.74) is 2.82. The summed E-state index contributed by atoms with van der Waals surface area (Å²) >= 11 is 6.29. The second kappa shape index (κ2) is 7.62. The van der Waals surface area contributed by atoms with Gasteiger partial charge in [-0.3, -0.25) is 0 Å². The van der Waals surface area contributed by atoms with Crippen LogP contribution in [-0.2, 0) is 0 Å². The molecule has 0 saturated carbocycles. The summed E-state index contributed by atoms with van der Waals surface area (Å²) in [7, 11) is 6.38. The van der Waals surface area contributed by atoms with Crippen LogP contribution in [0.2, 0.25) is 5.02 Å². The fourth-order valence-electron chi connectivity index (χ4n) is 2.87. The number of rotatable bonds is 6. The summed E-state index contributed by atoms with van der Waals surface area (Å²) in [5, 5.41) is 0.558. The second-order valence-electron chi connectivity index (χ2n) is 5.50. The first-order valence-corrected chi connectivity index (χ1v) is 8.32. The van der Waals surface area contributed by atoms with E-state index in [0.29, 0.717) is 28.0 Å². The lowest BCUT2D eigenvalue weighted by Gasteiger charge is -2.16. The quantitative estimate of drug-likeness (QED) is 0.620. The van der Waals surface area contributed by atoms with Gasteiger partial charge in [-0.25, -0.2) is 0 Å². The predicted octanol–water partition coefficient (Wildman–Crippen LogP) is 4.83. The number of aromatic nitrogens is 1. The van der Waals surface area contributed by atoms with Crippen molar-refractivity contribution in [1.82, 2.24) is 4.57 Å². The molecule has 0 saturated heterocycles. The maximum absolute atomic E-state index is 6.29. The summed E-state index contributed by atoms with van der Waals surface area (Å²) in [6.45, 7) is 0. The third-order valence-corrected chi connectivity index (χ3v) is 4.42. The average molecular weight is 374 g/mol. The Morgan fingerprint density at radius 1 is 0.769 bits per heavy atom. The van der Waals surface area contributed by atoms with Crippen molar-refractivity contribution >= 4 is 11.6 Å². The molecule has 0 aliphatic rings. The summed E-state index contributed by atoms with van der Waals surface area (Å²) in [5.74, 6) is 2.38. The molecule has 26 heavy (non-hydrogen) atoms. The van der Waals surface area contributed by atoms with Crippen molar-refractivity contribution < 1.29 is 18.9 Å². The number of hydrogen-bond acceptors (Lipinski definition) is 4. The molecular formula is C20H20ClNO4. The number of hydrogen-bond donors (Lipinski definition) is 0. The van der Waals surface area contributed by atoms with Crippen molar-refractivity contribution in [2.45, 2.75) is 0 Å². The van der Waals surface area contributed by atoms with Crippen LogP contribution >= 0.6 is 11.6 Å². The van der Waals surface area contributed by atoms with Crippen LogP contribution < -0.4 is 18.9 Å². The van der Waals surface area contributed by atoms with E-state index >= 15 is 0 Å². The van der Waals surface area contributed by atoms with E-state index in [9.17, 15) is 0 Å². The van der Waals surface area contributed by atoms with E-state index in [0.717, 1.165) is 16.9 Å². The highest BCUT2D eigenvalue weighted by Gasteiger charge is 2.16. The first-order chi connectivity index (χ1) is 12.6. The third kappa shape index (κ3) is 3.18. The average Bonchev–Trinajstić information content (AvgIpc) is 3.16. The van der Waals surface area contributed by atoms with Gasteiger partial charge in [0.25, 0.3) is 0 Å². The summed E-state index contributed by atoms with van der Waals surface area (Å²) in [4.78, 5) is 0. The molecule has 0 radical (unpaired) electrons. The molecule has 0 fully saturated rings. The summed E-state index contributed by atoms with van der Waals surface area (Å²) < 4.78 is 23.6. The Morgan fingerprint density at radius 2 is 1.42 bits per heavy atom. The monoisotopic (exact) mass is 373 g/mol. The van der Waals surface area contributed by atoms with Crippen molar-refractivity contribution in [3.05, 3.63) is 53.7 Å². The van der Waals surface area contributed by atoms with Gasteiger partial charge in [0.1, 0.15) is 5.75 Å². The largest absolute Gasteiger partial charge is 0.495 e. The summed E-state index contributed by atoms with van der Waals surface area (Å²) in [6.07, 6.45) is 1.97. The predicted molar refractivity (Wildman–Crippen MR) is 102 cm³/mol. The second-order valence-corrected chi connectivity index (χ2v) is 5.90. The Balaban J connectivity index is 2.13. The smallest absolute Gasteiger partial charge is 0.203 e. The van der Waals surface area contributed by atoms with Crippen LogP contribution in [0.5, 0.6) is 23.0 Å². The van der Waals surface area contributed by atoms with Gasteiger partial charge >= 0.3 is 0 Å². The Labute approximate surface area is 157 Å². The Bertz CT molecular complexity index is 895.